The molecule has 5 aromatic rings. The number of piperazine rings is 1. The number of aliphatic carboxylic acids is 1. The van der Waals surface area contributed by atoms with Gasteiger partial charge in [-0.15, -0.1) is 0 Å². The van der Waals surface area contributed by atoms with Crippen molar-refractivity contribution in [2.45, 2.75) is 19.0 Å². The maximum Gasteiger partial charge on any atom is 0.327 e. The number of aromatic hydroxyl groups is 1. The van der Waals surface area contributed by atoms with E-state index >= 15 is 0 Å². The molecule has 0 radical (unpaired) electrons. The minimum Gasteiger partial charge on any atom is -0.507 e. The van der Waals surface area contributed by atoms with Gasteiger partial charge < -0.3 is 20.1 Å². The number of amides is 1. The van der Waals surface area contributed by atoms with E-state index in [-0.39, 0.29) is 24.6 Å². The fourth-order valence-corrected chi connectivity index (χ4v) is 5.52. The zero-order chi connectivity index (χ0) is 28.3. The van der Waals surface area contributed by atoms with Crippen molar-refractivity contribution in [2.24, 2.45) is 0 Å². The first kappa shape index (κ1) is 26.3. The van der Waals surface area contributed by atoms with E-state index in [2.05, 4.69) is 14.9 Å². The minimum atomic E-state index is -0.993. The van der Waals surface area contributed by atoms with Crippen LogP contribution in [0.25, 0.3) is 33.3 Å². The Morgan fingerprint density at radius 2 is 1.68 bits per heavy atom. The lowest BCUT2D eigenvalue weighted by Gasteiger charge is -2.39. The number of para-hydroxylation sites is 1. The van der Waals surface area contributed by atoms with Crippen LogP contribution in [0.1, 0.15) is 11.1 Å². The fraction of sp³-hybridized carbons (Fsp3) is 0.182. The average Bonchev–Trinajstić information content (AvgIpc) is 3.42. The molecule has 2 aromatic heterocycles. The summed E-state index contributed by atoms with van der Waals surface area (Å²) in [5.41, 5.74) is 5.82. The van der Waals surface area contributed by atoms with Gasteiger partial charge in [0, 0.05) is 60.6 Å². The molecule has 0 aliphatic carbocycles. The molecule has 1 unspecified atom stereocenters. The van der Waals surface area contributed by atoms with Crippen molar-refractivity contribution in [2.75, 3.05) is 19.6 Å². The molecule has 1 saturated heterocycles. The quantitative estimate of drug-likeness (QED) is 0.267. The number of carboxylic acids is 1. The van der Waals surface area contributed by atoms with Gasteiger partial charge in [-0.25, -0.2) is 4.79 Å². The number of phenolic OH excluding ortho intramolecular Hbond substituents is 1. The molecule has 1 fully saturated rings. The van der Waals surface area contributed by atoms with Gasteiger partial charge in [0.1, 0.15) is 11.8 Å². The third-order valence-corrected chi connectivity index (χ3v) is 7.69. The topological polar surface area (TPSA) is 110 Å². The van der Waals surface area contributed by atoms with E-state index in [1.54, 1.807) is 12.4 Å². The number of phenols is 1. The van der Waals surface area contributed by atoms with Gasteiger partial charge >= 0.3 is 5.97 Å². The van der Waals surface area contributed by atoms with Crippen LogP contribution in [0.4, 0.5) is 0 Å². The molecule has 1 atom stereocenters. The second-order valence-corrected chi connectivity index (χ2v) is 10.4. The second-order valence-electron chi connectivity index (χ2n) is 10.4. The van der Waals surface area contributed by atoms with Crippen molar-refractivity contribution in [1.82, 2.24) is 19.8 Å². The molecule has 3 N–H and O–H groups in total. The van der Waals surface area contributed by atoms with Crippen LogP contribution in [0.15, 0.2) is 97.3 Å². The summed E-state index contributed by atoms with van der Waals surface area (Å²) in [7, 11) is 0. The van der Waals surface area contributed by atoms with E-state index in [1.165, 1.54) is 4.90 Å². The fourth-order valence-electron chi connectivity index (χ4n) is 5.52. The molecule has 8 nitrogen and oxygen atoms in total. The summed E-state index contributed by atoms with van der Waals surface area (Å²) in [5.74, 6) is -1.04. The monoisotopic (exact) mass is 546 g/mol. The van der Waals surface area contributed by atoms with Crippen LogP contribution in [-0.2, 0) is 22.6 Å². The smallest absolute Gasteiger partial charge is 0.327 e. The second kappa shape index (κ2) is 11.3. The zero-order valence-corrected chi connectivity index (χ0v) is 22.4. The first-order valence-corrected chi connectivity index (χ1v) is 13.6. The van der Waals surface area contributed by atoms with Crippen molar-refractivity contribution in [3.8, 4) is 28.1 Å². The van der Waals surface area contributed by atoms with Gasteiger partial charge in [0.15, 0.2) is 0 Å². The maximum absolute atomic E-state index is 13.2. The van der Waals surface area contributed by atoms with Gasteiger partial charge in [0.25, 0.3) is 0 Å². The van der Waals surface area contributed by atoms with Crippen molar-refractivity contribution in [1.29, 1.82) is 0 Å². The van der Waals surface area contributed by atoms with Gasteiger partial charge in [-0.3, -0.25) is 14.7 Å². The molecule has 3 aromatic carbocycles. The van der Waals surface area contributed by atoms with Gasteiger partial charge in [0.05, 0.1) is 12.1 Å². The normalized spacial score (nSPS) is 15.7. The number of nitrogens with one attached hydrogen (secondary N) is 1. The number of hydrogen-bond donors (Lipinski definition) is 3. The van der Waals surface area contributed by atoms with Gasteiger partial charge in [0.2, 0.25) is 5.91 Å². The van der Waals surface area contributed by atoms with Gasteiger partial charge in [-0.05, 0) is 34.9 Å². The predicted molar refractivity (Wildman–Crippen MR) is 157 cm³/mol. The van der Waals surface area contributed by atoms with Crippen LogP contribution in [0.2, 0.25) is 0 Å². The molecule has 0 spiro atoms. The molecule has 0 saturated carbocycles. The largest absolute Gasteiger partial charge is 0.507 e. The summed E-state index contributed by atoms with van der Waals surface area (Å²) in [5, 5.41) is 22.0. The molecule has 1 aliphatic rings. The molecule has 1 aliphatic heterocycles. The lowest BCUT2D eigenvalue weighted by atomic mass is 9.98. The number of carbonyl (C=O) groups excluding carboxylic acids is 1. The van der Waals surface area contributed by atoms with Crippen LogP contribution < -0.4 is 0 Å². The van der Waals surface area contributed by atoms with Crippen molar-refractivity contribution in [3.63, 3.8) is 0 Å². The number of carbonyl (C=O) groups is 2. The third kappa shape index (κ3) is 5.55. The number of nitrogens with zero attached hydrogens (tertiary/aromatic N) is 3. The van der Waals surface area contributed by atoms with Crippen LogP contribution in [-0.4, -0.2) is 67.5 Å². The third-order valence-electron chi connectivity index (χ3n) is 7.69. The minimum absolute atomic E-state index is 0.109. The van der Waals surface area contributed by atoms with E-state index < -0.39 is 12.0 Å². The highest BCUT2D eigenvalue weighted by atomic mass is 16.4. The Kier molecular flexibility index (Phi) is 7.22. The molecule has 1 amide bonds. The van der Waals surface area contributed by atoms with E-state index in [0.717, 1.165) is 33.3 Å². The number of fused-ring (bicyclic) bond motifs is 1. The Morgan fingerprint density at radius 1 is 0.902 bits per heavy atom. The van der Waals surface area contributed by atoms with Crippen LogP contribution in [0, 0.1) is 0 Å². The van der Waals surface area contributed by atoms with E-state index in [1.807, 2.05) is 84.9 Å². The van der Waals surface area contributed by atoms with Crippen molar-refractivity contribution < 1.29 is 19.8 Å². The van der Waals surface area contributed by atoms with Gasteiger partial charge in [-0.2, -0.15) is 0 Å². The number of aromatic amines is 1. The number of benzene rings is 3. The Balaban J connectivity index is 1.15. The molecular formula is C33H30N4O4. The molecule has 8 heteroatoms. The Labute approximate surface area is 237 Å². The number of H-pyrrole nitrogens is 1. The van der Waals surface area contributed by atoms with Crippen LogP contribution in [0.3, 0.4) is 0 Å². The average molecular weight is 547 g/mol. The van der Waals surface area contributed by atoms with Crippen LogP contribution >= 0.6 is 0 Å². The number of rotatable bonds is 7. The highest BCUT2D eigenvalue weighted by molar-refractivity contribution is 5.89. The van der Waals surface area contributed by atoms with Crippen LogP contribution in [0.5, 0.6) is 5.75 Å². The molecule has 206 valence electrons. The lowest BCUT2D eigenvalue weighted by Crippen LogP contribution is -2.58. The Bertz CT molecular complexity index is 1670. The number of aromatic nitrogens is 2. The molecular weight excluding hydrogens is 516 g/mol. The maximum atomic E-state index is 13.2. The first-order chi connectivity index (χ1) is 20.0. The number of carboxylic acid groups (broad SMARTS) is 1. The highest BCUT2D eigenvalue weighted by Crippen LogP contribution is 2.38. The summed E-state index contributed by atoms with van der Waals surface area (Å²) in [6.45, 7) is 1.92. The molecule has 3 heterocycles. The first-order valence-electron chi connectivity index (χ1n) is 13.6. The van der Waals surface area contributed by atoms with E-state index in [4.69, 9.17) is 0 Å². The molecule has 0 bridgehead atoms. The summed E-state index contributed by atoms with van der Waals surface area (Å²) in [6.07, 6.45) is 3.61. The summed E-state index contributed by atoms with van der Waals surface area (Å²) < 4.78 is 0. The Hall–Kier alpha value is -4.95. The standard InChI is InChI=1S/C33H30N4O4/c38-31(37-16-15-36(21-30(37)33(40)41)20-23-5-2-1-3-6-23)17-22-9-11-24(12-10-22)26-7-4-8-27(32(26)39)29-18-25-19-34-14-13-28(25)35-29/h1-14,18-19,30,35,39H,15-17,20-21H2,(H,40,41). The Morgan fingerprint density at radius 3 is 2.44 bits per heavy atom. The van der Waals surface area contributed by atoms with Gasteiger partial charge in [-0.1, -0.05) is 66.7 Å². The van der Waals surface area contributed by atoms with E-state index in [0.29, 0.717) is 30.8 Å². The number of hydrogen-bond acceptors (Lipinski definition) is 5. The highest BCUT2D eigenvalue weighted by Gasteiger charge is 2.35. The summed E-state index contributed by atoms with van der Waals surface area (Å²) in [6, 6.07) is 26.0. The molecule has 41 heavy (non-hydrogen) atoms. The van der Waals surface area contributed by atoms with Crippen molar-refractivity contribution in [3.05, 3.63) is 108 Å². The summed E-state index contributed by atoms with van der Waals surface area (Å²) >= 11 is 0. The predicted octanol–water partition coefficient (Wildman–Crippen LogP) is 4.94. The number of pyridine rings is 1. The van der Waals surface area contributed by atoms with Crippen molar-refractivity contribution >= 4 is 22.8 Å². The summed E-state index contributed by atoms with van der Waals surface area (Å²) in [4.78, 5) is 36.4. The lowest BCUT2D eigenvalue weighted by molar-refractivity contribution is -0.153. The van der Waals surface area contributed by atoms with E-state index in [9.17, 15) is 19.8 Å². The SMILES string of the molecule is O=C(O)C1CN(Cc2ccccc2)CCN1C(=O)Cc1ccc(-c2cccc(-c3cc4cnccc4[nH]3)c2O)cc1. The zero-order valence-electron chi connectivity index (χ0n) is 22.4. The molecule has 6 rings (SSSR count).